The molecule has 5 aromatic rings. The number of carbonyl (C=O) groups is 2. The Morgan fingerprint density at radius 3 is 2.13 bits per heavy atom. The Kier molecular flexibility index (Phi) is 8.95. The molecular formula is C38H33N3O5S. The molecule has 7 rings (SSSR count). The van der Waals surface area contributed by atoms with Crippen LogP contribution in [0.25, 0.3) is 11.1 Å². The number of amides is 2. The van der Waals surface area contributed by atoms with Gasteiger partial charge in [-0.3, -0.25) is 14.5 Å². The Bertz CT molecular complexity index is 1870. The van der Waals surface area contributed by atoms with Gasteiger partial charge in [0.2, 0.25) is 0 Å². The van der Waals surface area contributed by atoms with E-state index < -0.39 is 6.29 Å². The van der Waals surface area contributed by atoms with Crippen LogP contribution in [0.4, 0.5) is 0 Å². The molecule has 0 bridgehead atoms. The van der Waals surface area contributed by atoms with Crippen LogP contribution in [0.5, 0.6) is 0 Å². The molecule has 0 aliphatic carbocycles. The Labute approximate surface area is 277 Å². The number of thioether (sulfide) groups is 1. The highest BCUT2D eigenvalue weighted by molar-refractivity contribution is 7.99. The summed E-state index contributed by atoms with van der Waals surface area (Å²) in [6, 6.07) is 32.6. The molecule has 0 saturated carbocycles. The summed E-state index contributed by atoms with van der Waals surface area (Å²) in [4.78, 5) is 36.0. The predicted molar refractivity (Wildman–Crippen MR) is 178 cm³/mol. The van der Waals surface area contributed by atoms with Crippen molar-refractivity contribution in [2.45, 2.75) is 43.7 Å². The van der Waals surface area contributed by atoms with Crippen LogP contribution in [0.1, 0.15) is 62.3 Å². The normalized spacial score (nSPS) is 20.8. The summed E-state index contributed by atoms with van der Waals surface area (Å²) in [6.45, 7) is 2.30. The van der Waals surface area contributed by atoms with Gasteiger partial charge in [-0.2, -0.15) is 0 Å². The molecule has 4 unspecified atom stereocenters. The molecule has 2 aliphatic heterocycles. The first-order valence-electron chi connectivity index (χ1n) is 15.5. The molecule has 4 aromatic carbocycles. The van der Waals surface area contributed by atoms with Crippen LogP contribution >= 0.6 is 11.8 Å². The second-order valence-corrected chi connectivity index (χ2v) is 12.7. The molecule has 2 amide bonds. The minimum absolute atomic E-state index is 0.0181. The molecule has 8 nitrogen and oxygen atoms in total. The van der Waals surface area contributed by atoms with E-state index in [2.05, 4.69) is 23.0 Å². The Hall–Kier alpha value is -4.67. The molecular weight excluding hydrogens is 611 g/mol. The van der Waals surface area contributed by atoms with Gasteiger partial charge < -0.3 is 14.6 Å². The summed E-state index contributed by atoms with van der Waals surface area (Å²) in [5.74, 6) is 0.136. The zero-order valence-electron chi connectivity index (χ0n) is 25.7. The van der Waals surface area contributed by atoms with Crippen molar-refractivity contribution < 1.29 is 24.2 Å². The molecule has 47 heavy (non-hydrogen) atoms. The largest absolute Gasteiger partial charge is 0.392 e. The van der Waals surface area contributed by atoms with Gasteiger partial charge in [-0.05, 0) is 58.1 Å². The van der Waals surface area contributed by atoms with Gasteiger partial charge in [0.05, 0.1) is 36.5 Å². The van der Waals surface area contributed by atoms with Crippen molar-refractivity contribution in [2.24, 2.45) is 5.92 Å². The van der Waals surface area contributed by atoms with Crippen LogP contribution in [-0.4, -0.2) is 43.6 Å². The van der Waals surface area contributed by atoms with Crippen molar-refractivity contribution in [1.29, 1.82) is 0 Å². The summed E-state index contributed by atoms with van der Waals surface area (Å²) >= 11 is 1.55. The van der Waals surface area contributed by atoms with E-state index in [1.54, 1.807) is 54.5 Å². The molecule has 9 heteroatoms. The van der Waals surface area contributed by atoms with E-state index in [9.17, 15) is 14.7 Å². The standard InChI is InChI=1S/C38H33N3O5S/c1-24-33(23-47-38-39-17-6-18-40-38)45-37(46-34(24)27-15-13-25(22-42)14-16-27)30-10-5-9-29(20-30)28-8-4-7-26(19-28)21-41-35(43)31-11-2-3-12-32(31)36(41)44/h2-20,24,33-34,37,42H,21-23H2,1H3. The fourth-order valence-corrected chi connectivity index (χ4v) is 7.07. The zero-order valence-corrected chi connectivity index (χ0v) is 26.5. The van der Waals surface area contributed by atoms with Crippen LogP contribution < -0.4 is 0 Å². The van der Waals surface area contributed by atoms with Crippen LogP contribution in [-0.2, 0) is 22.6 Å². The maximum atomic E-state index is 13.0. The second kappa shape index (κ2) is 13.6. The lowest BCUT2D eigenvalue weighted by Gasteiger charge is -2.41. The molecule has 1 aromatic heterocycles. The van der Waals surface area contributed by atoms with Gasteiger partial charge >= 0.3 is 0 Å². The highest BCUT2D eigenvalue weighted by atomic mass is 32.2. The van der Waals surface area contributed by atoms with Gasteiger partial charge in [0.1, 0.15) is 0 Å². The molecule has 1 saturated heterocycles. The van der Waals surface area contributed by atoms with Gasteiger partial charge in [-0.25, -0.2) is 9.97 Å². The van der Waals surface area contributed by atoms with Crippen molar-refractivity contribution >= 4 is 23.6 Å². The summed E-state index contributed by atoms with van der Waals surface area (Å²) in [5.41, 5.74) is 6.40. The van der Waals surface area contributed by atoms with E-state index in [0.29, 0.717) is 22.0 Å². The third-order valence-electron chi connectivity index (χ3n) is 8.68. The van der Waals surface area contributed by atoms with Gasteiger partial charge in [0, 0.05) is 29.6 Å². The first-order chi connectivity index (χ1) is 23.0. The van der Waals surface area contributed by atoms with E-state index in [1.165, 1.54) is 4.90 Å². The number of nitrogens with zero attached hydrogens (tertiary/aromatic N) is 3. The molecule has 236 valence electrons. The number of aliphatic hydroxyl groups excluding tert-OH is 1. The van der Waals surface area contributed by atoms with Gasteiger partial charge in [0.25, 0.3) is 11.8 Å². The highest BCUT2D eigenvalue weighted by Crippen LogP contribution is 2.43. The maximum absolute atomic E-state index is 13.0. The van der Waals surface area contributed by atoms with Crippen LogP contribution in [0.15, 0.2) is 121 Å². The van der Waals surface area contributed by atoms with E-state index in [0.717, 1.165) is 33.4 Å². The summed E-state index contributed by atoms with van der Waals surface area (Å²) in [5, 5.41) is 10.3. The summed E-state index contributed by atoms with van der Waals surface area (Å²) < 4.78 is 13.3. The first kappa shape index (κ1) is 31.0. The third-order valence-corrected chi connectivity index (χ3v) is 9.64. The van der Waals surface area contributed by atoms with E-state index in [1.807, 2.05) is 66.7 Å². The minimum Gasteiger partial charge on any atom is -0.392 e. The Morgan fingerprint density at radius 2 is 1.43 bits per heavy atom. The monoisotopic (exact) mass is 643 g/mol. The average molecular weight is 644 g/mol. The van der Waals surface area contributed by atoms with Crippen LogP contribution in [0, 0.1) is 5.92 Å². The smallest absolute Gasteiger partial charge is 0.261 e. The minimum atomic E-state index is -0.627. The number of imide groups is 1. The highest BCUT2D eigenvalue weighted by Gasteiger charge is 2.39. The lowest BCUT2D eigenvalue weighted by molar-refractivity contribution is -0.268. The number of hydrogen-bond donors (Lipinski definition) is 1. The number of hydrogen-bond acceptors (Lipinski definition) is 8. The lowest BCUT2D eigenvalue weighted by atomic mass is 9.91. The summed E-state index contributed by atoms with van der Waals surface area (Å²) in [6.07, 6.45) is 2.45. The first-order valence-corrected chi connectivity index (χ1v) is 16.5. The number of ether oxygens (including phenoxy) is 2. The molecule has 0 radical (unpaired) electrons. The fraction of sp³-hybridized carbons (Fsp3) is 0.211. The lowest BCUT2D eigenvalue weighted by Crippen LogP contribution is -2.38. The fourth-order valence-electron chi connectivity index (χ4n) is 6.11. The average Bonchev–Trinajstić information content (AvgIpc) is 3.36. The zero-order chi connectivity index (χ0) is 32.3. The molecule has 1 fully saturated rings. The molecule has 2 aliphatic rings. The second-order valence-electron chi connectivity index (χ2n) is 11.7. The Morgan fingerprint density at radius 1 is 0.745 bits per heavy atom. The van der Waals surface area contributed by atoms with Crippen molar-refractivity contribution in [3.05, 3.63) is 149 Å². The number of carbonyl (C=O) groups excluding carboxylic acids is 2. The van der Waals surface area contributed by atoms with Crippen molar-refractivity contribution in [1.82, 2.24) is 14.9 Å². The third kappa shape index (κ3) is 6.48. The van der Waals surface area contributed by atoms with Gasteiger partial charge in [0.15, 0.2) is 11.4 Å². The summed E-state index contributed by atoms with van der Waals surface area (Å²) in [7, 11) is 0. The van der Waals surface area contributed by atoms with Crippen LogP contribution in [0.2, 0.25) is 0 Å². The topological polar surface area (TPSA) is 102 Å². The Balaban J connectivity index is 1.14. The predicted octanol–water partition coefficient (Wildman–Crippen LogP) is 7.02. The van der Waals surface area contributed by atoms with Crippen molar-refractivity contribution in [2.75, 3.05) is 5.75 Å². The van der Waals surface area contributed by atoms with E-state index in [4.69, 9.17) is 9.47 Å². The number of benzene rings is 4. The molecule has 3 heterocycles. The quantitative estimate of drug-likeness (QED) is 0.104. The molecule has 4 atom stereocenters. The van der Waals surface area contributed by atoms with Gasteiger partial charge in [-0.15, -0.1) is 0 Å². The molecule has 1 N–H and O–H groups in total. The van der Waals surface area contributed by atoms with E-state index >= 15 is 0 Å². The van der Waals surface area contributed by atoms with Crippen molar-refractivity contribution in [3.8, 4) is 11.1 Å². The van der Waals surface area contributed by atoms with Crippen molar-refractivity contribution in [3.63, 3.8) is 0 Å². The number of rotatable bonds is 9. The number of aliphatic hydroxyl groups is 1. The SMILES string of the molecule is CC1C(CSc2ncccn2)OC(c2cccc(-c3cccc(CN4C(=O)c5ccccc5C4=O)c3)c2)OC1c1ccc(CO)cc1. The van der Waals surface area contributed by atoms with E-state index in [-0.39, 0.29) is 43.1 Å². The van der Waals surface area contributed by atoms with Crippen LogP contribution in [0.3, 0.4) is 0 Å². The number of fused-ring (bicyclic) bond motifs is 1. The number of aromatic nitrogens is 2. The van der Waals surface area contributed by atoms with Gasteiger partial charge in [-0.1, -0.05) is 91.5 Å². The maximum Gasteiger partial charge on any atom is 0.261 e. The molecule has 0 spiro atoms.